The summed E-state index contributed by atoms with van der Waals surface area (Å²) in [4.78, 5) is 18.7. The van der Waals surface area contributed by atoms with Crippen LogP contribution in [-0.4, -0.2) is 22.8 Å². The number of pyridine rings is 1. The normalized spacial score (nSPS) is 12.7. The van der Waals surface area contributed by atoms with Gasteiger partial charge in [-0.25, -0.2) is 4.39 Å². The number of carbonyl (C=O) groups excluding carboxylic acids is 1. The maximum atomic E-state index is 13.7. The minimum Gasteiger partial charge on any atom is -0.333 e. The molecule has 1 heterocycles. The first kappa shape index (κ1) is 17.1. The van der Waals surface area contributed by atoms with Crippen LogP contribution in [0.15, 0.2) is 48.7 Å². The summed E-state index contributed by atoms with van der Waals surface area (Å²) in [5.41, 5.74) is 1.33. The van der Waals surface area contributed by atoms with Crippen molar-refractivity contribution in [3.63, 3.8) is 0 Å². The summed E-state index contributed by atoms with van der Waals surface area (Å²) in [5.74, 6) is -0.308. The van der Waals surface area contributed by atoms with Crippen molar-refractivity contribution in [2.45, 2.75) is 33.2 Å². The number of rotatable bonds is 4. The van der Waals surface area contributed by atoms with E-state index < -0.39 is 6.04 Å². The number of nitrogens with zero attached hydrogens (tertiary/aromatic N) is 2. The molecular formula is C19H23FN2O. The van der Waals surface area contributed by atoms with E-state index in [4.69, 9.17) is 0 Å². The Labute approximate surface area is 137 Å². The summed E-state index contributed by atoms with van der Waals surface area (Å²) in [6, 6.07) is 11.5. The van der Waals surface area contributed by atoms with Gasteiger partial charge in [0, 0.05) is 19.7 Å². The second-order valence-electron chi connectivity index (χ2n) is 6.95. The van der Waals surface area contributed by atoms with Crippen molar-refractivity contribution in [1.82, 2.24) is 9.88 Å². The van der Waals surface area contributed by atoms with Crippen molar-refractivity contribution in [3.8, 4) is 0 Å². The molecule has 1 aromatic heterocycles. The van der Waals surface area contributed by atoms with E-state index in [9.17, 15) is 9.18 Å². The van der Waals surface area contributed by atoms with E-state index >= 15 is 0 Å². The molecular weight excluding hydrogens is 291 g/mol. The predicted octanol–water partition coefficient (Wildman–Crippen LogP) is 4.20. The van der Waals surface area contributed by atoms with Gasteiger partial charge in [0.1, 0.15) is 5.82 Å². The van der Waals surface area contributed by atoms with Crippen molar-refractivity contribution in [3.05, 3.63) is 65.7 Å². The zero-order chi connectivity index (χ0) is 17.0. The highest BCUT2D eigenvalue weighted by molar-refractivity contribution is 5.77. The van der Waals surface area contributed by atoms with Gasteiger partial charge in [-0.2, -0.15) is 0 Å². The molecule has 0 fully saturated rings. The minimum absolute atomic E-state index is 0.0115. The highest BCUT2D eigenvalue weighted by atomic mass is 19.1. The quantitative estimate of drug-likeness (QED) is 0.847. The van der Waals surface area contributed by atoms with Crippen LogP contribution in [0.1, 0.15) is 44.5 Å². The fraction of sp³-hybridized carbons (Fsp3) is 0.368. The largest absolute Gasteiger partial charge is 0.333 e. The lowest BCUT2D eigenvalue weighted by molar-refractivity contribution is -0.133. The van der Waals surface area contributed by atoms with E-state index in [2.05, 4.69) is 4.98 Å². The third-order valence-corrected chi connectivity index (χ3v) is 3.59. The van der Waals surface area contributed by atoms with Gasteiger partial charge in [0.25, 0.3) is 0 Å². The summed E-state index contributed by atoms with van der Waals surface area (Å²) in [5, 5.41) is 0. The Balaban J connectivity index is 2.40. The Kier molecular flexibility index (Phi) is 5.14. The molecule has 1 amide bonds. The van der Waals surface area contributed by atoms with E-state index in [-0.39, 0.29) is 17.1 Å². The van der Waals surface area contributed by atoms with Crippen LogP contribution >= 0.6 is 0 Å². The molecule has 0 aliphatic rings. The number of hydrogen-bond donors (Lipinski definition) is 0. The molecule has 0 radical (unpaired) electrons. The molecule has 1 atom stereocenters. The lowest BCUT2D eigenvalue weighted by atomic mass is 9.91. The van der Waals surface area contributed by atoms with Crippen molar-refractivity contribution in [2.24, 2.45) is 5.41 Å². The van der Waals surface area contributed by atoms with Gasteiger partial charge in [-0.05, 0) is 35.2 Å². The lowest BCUT2D eigenvalue weighted by Crippen LogP contribution is -2.34. The smallest absolute Gasteiger partial charge is 0.223 e. The van der Waals surface area contributed by atoms with Crippen molar-refractivity contribution in [1.29, 1.82) is 0 Å². The maximum absolute atomic E-state index is 13.7. The van der Waals surface area contributed by atoms with Gasteiger partial charge in [0.05, 0.1) is 11.7 Å². The third-order valence-electron chi connectivity index (χ3n) is 3.59. The Morgan fingerprint density at radius 2 is 1.96 bits per heavy atom. The van der Waals surface area contributed by atoms with E-state index in [1.165, 1.54) is 12.1 Å². The molecule has 1 unspecified atom stereocenters. The third kappa shape index (κ3) is 4.62. The zero-order valence-corrected chi connectivity index (χ0v) is 14.1. The summed E-state index contributed by atoms with van der Waals surface area (Å²) < 4.78 is 13.7. The number of amides is 1. The molecule has 0 spiro atoms. The molecule has 2 aromatic rings. The van der Waals surface area contributed by atoms with Crippen molar-refractivity contribution in [2.75, 3.05) is 7.05 Å². The second-order valence-corrected chi connectivity index (χ2v) is 6.95. The van der Waals surface area contributed by atoms with Crippen LogP contribution in [0.25, 0.3) is 0 Å². The zero-order valence-electron chi connectivity index (χ0n) is 14.1. The fourth-order valence-electron chi connectivity index (χ4n) is 2.53. The topological polar surface area (TPSA) is 33.2 Å². The first-order chi connectivity index (χ1) is 10.8. The Hall–Kier alpha value is -2.23. The fourth-order valence-corrected chi connectivity index (χ4v) is 2.53. The van der Waals surface area contributed by atoms with Crippen LogP contribution < -0.4 is 0 Å². The van der Waals surface area contributed by atoms with Crippen LogP contribution in [-0.2, 0) is 4.79 Å². The molecule has 0 bridgehead atoms. The van der Waals surface area contributed by atoms with Gasteiger partial charge in [0.15, 0.2) is 0 Å². The minimum atomic E-state index is -0.401. The number of halogens is 1. The van der Waals surface area contributed by atoms with Crippen molar-refractivity contribution >= 4 is 5.91 Å². The number of aromatic nitrogens is 1. The summed E-state index contributed by atoms with van der Waals surface area (Å²) in [7, 11) is 1.75. The van der Waals surface area contributed by atoms with Gasteiger partial charge in [0.2, 0.25) is 5.91 Å². The van der Waals surface area contributed by atoms with Crippen LogP contribution in [0.3, 0.4) is 0 Å². The molecule has 122 valence electrons. The first-order valence-electron chi connectivity index (χ1n) is 7.70. The highest BCUT2D eigenvalue weighted by Crippen LogP contribution is 2.29. The summed E-state index contributed by atoms with van der Waals surface area (Å²) >= 11 is 0. The highest BCUT2D eigenvalue weighted by Gasteiger charge is 2.27. The van der Waals surface area contributed by atoms with Gasteiger partial charge in [-0.1, -0.05) is 39.0 Å². The van der Waals surface area contributed by atoms with Gasteiger partial charge >= 0.3 is 0 Å². The van der Waals surface area contributed by atoms with Gasteiger partial charge in [-0.3, -0.25) is 9.78 Å². The van der Waals surface area contributed by atoms with Crippen LogP contribution in [0.5, 0.6) is 0 Å². The second kappa shape index (κ2) is 6.90. The summed E-state index contributed by atoms with van der Waals surface area (Å²) in [6.07, 6.45) is 2.10. The molecule has 0 aliphatic carbocycles. The standard InChI is InChI=1S/C19H23FN2O/c1-19(2,3)13-17(23)22(4)18(16-10-5-6-11-21-16)14-8-7-9-15(20)12-14/h5-12,18H,13H2,1-4H3. The molecule has 0 aliphatic heterocycles. The van der Waals surface area contributed by atoms with Crippen molar-refractivity contribution < 1.29 is 9.18 Å². The number of hydrogen-bond acceptors (Lipinski definition) is 2. The molecule has 3 nitrogen and oxygen atoms in total. The molecule has 4 heteroatoms. The molecule has 23 heavy (non-hydrogen) atoms. The van der Waals surface area contributed by atoms with E-state index in [1.54, 1.807) is 24.2 Å². The lowest BCUT2D eigenvalue weighted by Gasteiger charge is -2.30. The molecule has 0 saturated heterocycles. The van der Waals surface area contributed by atoms with Gasteiger partial charge in [-0.15, -0.1) is 0 Å². The molecule has 0 N–H and O–H groups in total. The van der Waals surface area contributed by atoms with Gasteiger partial charge < -0.3 is 4.90 Å². The predicted molar refractivity (Wildman–Crippen MR) is 89.3 cm³/mol. The van der Waals surface area contributed by atoms with E-state index in [0.717, 1.165) is 5.69 Å². The number of carbonyl (C=O) groups is 1. The Morgan fingerprint density at radius 1 is 1.22 bits per heavy atom. The Morgan fingerprint density at radius 3 is 2.52 bits per heavy atom. The van der Waals surface area contributed by atoms with Crippen LogP contribution in [0.4, 0.5) is 4.39 Å². The molecule has 2 rings (SSSR count). The Bertz CT molecular complexity index is 665. The average molecular weight is 314 g/mol. The van der Waals surface area contributed by atoms with Crippen LogP contribution in [0, 0.1) is 11.2 Å². The molecule has 0 saturated carbocycles. The number of benzene rings is 1. The monoisotopic (exact) mass is 314 g/mol. The molecule has 1 aromatic carbocycles. The SMILES string of the molecule is CN(C(=O)CC(C)(C)C)C(c1cccc(F)c1)c1ccccn1. The van der Waals surface area contributed by atoms with E-state index in [0.29, 0.717) is 12.0 Å². The first-order valence-corrected chi connectivity index (χ1v) is 7.70. The summed E-state index contributed by atoms with van der Waals surface area (Å²) in [6.45, 7) is 6.07. The average Bonchev–Trinajstić information content (AvgIpc) is 2.47. The van der Waals surface area contributed by atoms with E-state index in [1.807, 2.05) is 45.0 Å². The maximum Gasteiger partial charge on any atom is 0.223 e. The van der Waals surface area contributed by atoms with Crippen LogP contribution in [0.2, 0.25) is 0 Å².